The van der Waals surface area contributed by atoms with Crippen LogP contribution in [0.25, 0.3) is 0 Å². The maximum Gasteiger partial charge on any atom is 0.263 e. The number of pyridine rings is 1. The summed E-state index contributed by atoms with van der Waals surface area (Å²) >= 11 is 0. The fraction of sp³-hybridized carbons (Fsp3) is 0.200. The van der Waals surface area contributed by atoms with Crippen molar-refractivity contribution in [2.45, 2.75) is 16.7 Å². The van der Waals surface area contributed by atoms with Gasteiger partial charge in [0.2, 0.25) is 10.0 Å². The fourth-order valence-corrected chi connectivity index (χ4v) is 3.92. The zero-order valence-corrected chi connectivity index (χ0v) is 14.9. The summed E-state index contributed by atoms with van der Waals surface area (Å²) in [4.78, 5) is 3.69. The van der Waals surface area contributed by atoms with Gasteiger partial charge in [-0.1, -0.05) is 6.07 Å². The van der Waals surface area contributed by atoms with Crippen molar-refractivity contribution in [3.8, 4) is 6.07 Å². The van der Waals surface area contributed by atoms with Crippen LogP contribution in [0.2, 0.25) is 0 Å². The summed E-state index contributed by atoms with van der Waals surface area (Å²) in [6.45, 7) is 1.56. The summed E-state index contributed by atoms with van der Waals surface area (Å²) in [5.41, 5.74) is 0. The van der Waals surface area contributed by atoms with Gasteiger partial charge in [-0.15, -0.1) is 0 Å². The molecule has 1 aromatic carbocycles. The Hall–Kier alpha value is -2.48. The highest BCUT2D eigenvalue weighted by molar-refractivity contribution is 7.92. The first-order chi connectivity index (χ1) is 11.7. The summed E-state index contributed by atoms with van der Waals surface area (Å²) in [7, 11) is -7.69. The van der Waals surface area contributed by atoms with E-state index in [9.17, 15) is 16.8 Å². The van der Waals surface area contributed by atoms with Crippen LogP contribution in [-0.4, -0.2) is 28.4 Å². The second-order valence-corrected chi connectivity index (χ2v) is 8.62. The number of aromatic nitrogens is 1. The molecule has 1 heterocycles. The van der Waals surface area contributed by atoms with Gasteiger partial charge in [-0.25, -0.2) is 26.5 Å². The van der Waals surface area contributed by atoms with Crippen molar-refractivity contribution in [2.75, 3.05) is 11.3 Å². The van der Waals surface area contributed by atoms with Gasteiger partial charge in [0.15, 0.2) is 0 Å². The number of nitriles is 1. The van der Waals surface area contributed by atoms with Gasteiger partial charge in [0.05, 0.1) is 21.8 Å². The number of nitrogens with one attached hydrogen (secondary N) is 2. The highest BCUT2D eigenvalue weighted by Gasteiger charge is 2.18. The predicted octanol–water partition coefficient (Wildman–Crippen LogP) is 1.32. The Kier molecular flexibility index (Phi) is 5.73. The summed E-state index contributed by atoms with van der Waals surface area (Å²) in [6.07, 6.45) is 1.45. The molecule has 2 aromatic rings. The van der Waals surface area contributed by atoms with E-state index in [2.05, 4.69) is 14.4 Å². The van der Waals surface area contributed by atoms with E-state index in [1.165, 1.54) is 36.5 Å². The van der Waals surface area contributed by atoms with Crippen LogP contribution < -0.4 is 9.44 Å². The lowest BCUT2D eigenvalue weighted by atomic mass is 10.2. The lowest BCUT2D eigenvalue weighted by Gasteiger charge is -2.10. The second-order valence-electron chi connectivity index (χ2n) is 5.17. The molecule has 8 nitrogen and oxygen atoms in total. The first-order valence-electron chi connectivity index (χ1n) is 7.18. The van der Waals surface area contributed by atoms with Crippen molar-refractivity contribution < 1.29 is 16.8 Å². The van der Waals surface area contributed by atoms with Crippen LogP contribution in [0.15, 0.2) is 58.5 Å². The third-order valence-corrected chi connectivity index (χ3v) is 5.96. The summed E-state index contributed by atoms with van der Waals surface area (Å²) in [6, 6.07) is 11.5. The molecule has 0 aliphatic heterocycles. The lowest BCUT2D eigenvalue weighted by Crippen LogP contribution is -2.28. The molecule has 0 radical (unpaired) electrons. The van der Waals surface area contributed by atoms with E-state index >= 15 is 0 Å². The monoisotopic (exact) mass is 380 g/mol. The second kappa shape index (κ2) is 7.60. The number of rotatable bonds is 7. The number of sulfonamides is 2. The molecular weight excluding hydrogens is 364 g/mol. The van der Waals surface area contributed by atoms with E-state index in [-0.39, 0.29) is 22.2 Å². The smallest absolute Gasteiger partial charge is 0.263 e. The molecule has 132 valence electrons. The molecule has 0 saturated heterocycles. The Morgan fingerprint density at radius 2 is 1.64 bits per heavy atom. The minimum absolute atomic E-state index is 0.0277. The van der Waals surface area contributed by atoms with Gasteiger partial charge in [-0.3, -0.25) is 4.72 Å². The first kappa shape index (κ1) is 18.9. The molecule has 25 heavy (non-hydrogen) atoms. The standard InChI is InChI=1S/C15H16N4O4S2/c1-12(10-16)11-18-24(20,21)13-5-7-14(8-6-13)25(22,23)19-15-4-2-3-9-17-15/h2-9,12,18H,11H2,1H3,(H,17,19)/t12-/m0/s1. The minimum atomic E-state index is -3.88. The summed E-state index contributed by atoms with van der Waals surface area (Å²) < 4.78 is 53.3. The average Bonchev–Trinajstić information content (AvgIpc) is 2.60. The lowest BCUT2D eigenvalue weighted by molar-refractivity contribution is 0.572. The van der Waals surface area contributed by atoms with Crippen molar-refractivity contribution in [1.82, 2.24) is 9.71 Å². The number of benzene rings is 1. The van der Waals surface area contributed by atoms with Gasteiger partial charge < -0.3 is 0 Å². The van der Waals surface area contributed by atoms with Gasteiger partial charge >= 0.3 is 0 Å². The number of hydrogen-bond acceptors (Lipinski definition) is 6. The quantitative estimate of drug-likeness (QED) is 0.745. The van der Waals surface area contributed by atoms with E-state index < -0.39 is 26.0 Å². The summed E-state index contributed by atoms with van der Waals surface area (Å²) in [5.74, 6) is -0.316. The summed E-state index contributed by atoms with van der Waals surface area (Å²) in [5, 5.41) is 8.69. The Labute approximate surface area is 146 Å². The molecule has 1 aromatic heterocycles. The van der Waals surface area contributed by atoms with Gasteiger partial charge in [0.25, 0.3) is 10.0 Å². The van der Waals surface area contributed by atoms with Gasteiger partial charge in [-0.2, -0.15) is 5.26 Å². The van der Waals surface area contributed by atoms with Crippen molar-refractivity contribution in [1.29, 1.82) is 5.26 Å². The van der Waals surface area contributed by atoms with Crippen LogP contribution in [-0.2, 0) is 20.0 Å². The fourth-order valence-electron chi connectivity index (χ4n) is 1.78. The predicted molar refractivity (Wildman–Crippen MR) is 91.5 cm³/mol. The van der Waals surface area contributed by atoms with Crippen LogP contribution in [0.5, 0.6) is 0 Å². The molecule has 10 heteroatoms. The van der Waals surface area contributed by atoms with Crippen LogP contribution in [0.1, 0.15) is 6.92 Å². The molecule has 0 bridgehead atoms. The highest BCUT2D eigenvalue weighted by atomic mass is 32.2. The van der Waals surface area contributed by atoms with E-state index in [4.69, 9.17) is 5.26 Å². The molecule has 0 fully saturated rings. The highest BCUT2D eigenvalue weighted by Crippen LogP contribution is 2.17. The number of hydrogen-bond donors (Lipinski definition) is 2. The first-order valence-corrected chi connectivity index (χ1v) is 10.1. The molecule has 0 unspecified atom stereocenters. The maximum atomic E-state index is 12.3. The normalized spacial score (nSPS) is 13.0. The van der Waals surface area contributed by atoms with E-state index in [0.717, 1.165) is 0 Å². The van der Waals surface area contributed by atoms with Crippen molar-refractivity contribution in [3.63, 3.8) is 0 Å². The van der Waals surface area contributed by atoms with Crippen molar-refractivity contribution >= 4 is 25.9 Å². The Morgan fingerprint density at radius 3 is 2.16 bits per heavy atom. The third kappa shape index (κ3) is 4.99. The Balaban J connectivity index is 2.17. The van der Waals surface area contributed by atoms with Crippen LogP contribution in [0.4, 0.5) is 5.82 Å². The third-order valence-electron chi connectivity index (χ3n) is 3.15. The van der Waals surface area contributed by atoms with E-state index in [1.54, 1.807) is 19.1 Å². The molecule has 0 aliphatic carbocycles. The van der Waals surface area contributed by atoms with Gasteiger partial charge in [0.1, 0.15) is 5.82 Å². The topological polar surface area (TPSA) is 129 Å². The maximum absolute atomic E-state index is 12.3. The zero-order chi connectivity index (χ0) is 18.5. The molecule has 0 spiro atoms. The van der Waals surface area contributed by atoms with Crippen molar-refractivity contribution in [3.05, 3.63) is 48.7 Å². The molecule has 0 saturated carbocycles. The number of anilines is 1. The van der Waals surface area contributed by atoms with Gasteiger partial charge in [0, 0.05) is 12.7 Å². The molecule has 2 rings (SSSR count). The molecule has 2 N–H and O–H groups in total. The Morgan fingerprint density at radius 1 is 1.04 bits per heavy atom. The van der Waals surface area contributed by atoms with E-state index in [1.807, 2.05) is 6.07 Å². The molecule has 0 aliphatic rings. The average molecular weight is 380 g/mol. The molecule has 0 amide bonds. The van der Waals surface area contributed by atoms with E-state index in [0.29, 0.717) is 0 Å². The van der Waals surface area contributed by atoms with Crippen LogP contribution >= 0.6 is 0 Å². The minimum Gasteiger partial charge on any atom is -0.263 e. The van der Waals surface area contributed by atoms with Crippen molar-refractivity contribution in [2.24, 2.45) is 5.92 Å². The van der Waals surface area contributed by atoms with Crippen LogP contribution in [0.3, 0.4) is 0 Å². The zero-order valence-electron chi connectivity index (χ0n) is 13.2. The largest absolute Gasteiger partial charge is 0.263 e. The molecular formula is C15H16N4O4S2. The SMILES string of the molecule is C[C@@H](C#N)CNS(=O)(=O)c1ccc(S(=O)(=O)Nc2ccccn2)cc1. The van der Waals surface area contributed by atoms with Gasteiger partial charge in [-0.05, 0) is 43.3 Å². The number of nitrogens with zero attached hydrogens (tertiary/aromatic N) is 2. The molecule has 1 atom stereocenters. The Bertz CT molecular complexity index is 966. The van der Waals surface area contributed by atoms with Crippen LogP contribution in [0, 0.1) is 17.2 Å².